The number of piperidine rings is 1. The molecular formula is C27H32N4OS. The summed E-state index contributed by atoms with van der Waals surface area (Å²) < 4.78 is 0. The molecule has 6 heteroatoms. The van der Waals surface area contributed by atoms with Crippen molar-refractivity contribution in [2.45, 2.75) is 55.5 Å². The number of carbonyl (C=O) groups is 1. The fourth-order valence-corrected chi connectivity index (χ4v) is 4.83. The van der Waals surface area contributed by atoms with Crippen LogP contribution in [0.25, 0.3) is 0 Å². The summed E-state index contributed by atoms with van der Waals surface area (Å²) in [5, 5.41) is 13.0. The van der Waals surface area contributed by atoms with Gasteiger partial charge in [0, 0.05) is 29.9 Å². The Morgan fingerprint density at radius 2 is 1.76 bits per heavy atom. The summed E-state index contributed by atoms with van der Waals surface area (Å²) in [4.78, 5) is 16.1. The first-order valence-corrected chi connectivity index (χ1v) is 12.6. The summed E-state index contributed by atoms with van der Waals surface area (Å²) in [5.41, 5.74) is 2.57. The average Bonchev–Trinajstić information content (AvgIpc) is 2.85. The van der Waals surface area contributed by atoms with Crippen molar-refractivity contribution in [1.82, 2.24) is 15.5 Å². The number of carbonyl (C=O) groups excluding carboxylic acids is 1. The Labute approximate surface area is 201 Å². The predicted molar refractivity (Wildman–Crippen MR) is 135 cm³/mol. The van der Waals surface area contributed by atoms with Gasteiger partial charge in [0.1, 0.15) is 5.03 Å². The van der Waals surface area contributed by atoms with Crippen molar-refractivity contribution in [3.05, 3.63) is 77.9 Å². The summed E-state index contributed by atoms with van der Waals surface area (Å²) in [7, 11) is 0. The van der Waals surface area contributed by atoms with Crippen LogP contribution in [0.5, 0.6) is 0 Å². The SMILES string of the molecule is Cc1ccc(Sc2ccc(N3CCC(C(=O)N[C@H](C)CCc4ccccc4)CC3)nn2)cc1. The zero-order valence-electron chi connectivity index (χ0n) is 19.4. The maximum atomic E-state index is 12.7. The molecule has 1 saturated heterocycles. The third-order valence-corrected chi connectivity index (χ3v) is 7.09. The lowest BCUT2D eigenvalue weighted by Gasteiger charge is -2.32. The highest BCUT2D eigenvalue weighted by molar-refractivity contribution is 7.99. The molecule has 0 radical (unpaired) electrons. The van der Waals surface area contributed by atoms with Gasteiger partial charge in [-0.3, -0.25) is 4.79 Å². The smallest absolute Gasteiger partial charge is 0.223 e. The zero-order valence-corrected chi connectivity index (χ0v) is 20.2. The monoisotopic (exact) mass is 460 g/mol. The fourth-order valence-electron chi connectivity index (χ4n) is 4.09. The molecule has 1 aromatic heterocycles. The van der Waals surface area contributed by atoms with Gasteiger partial charge < -0.3 is 10.2 Å². The van der Waals surface area contributed by atoms with Crippen LogP contribution in [0.3, 0.4) is 0 Å². The number of hydrogen-bond acceptors (Lipinski definition) is 5. The standard InChI is InChI=1S/C27H32N4OS/c1-20-8-12-24(13-9-20)33-26-15-14-25(29-30-26)31-18-16-23(17-19-31)27(32)28-21(2)10-11-22-6-4-3-5-7-22/h3-9,12-15,21,23H,10-11,16-19H2,1-2H3,(H,28,32)/t21-/m1/s1. The number of nitrogens with one attached hydrogen (secondary N) is 1. The van der Waals surface area contributed by atoms with Crippen molar-refractivity contribution in [2.24, 2.45) is 5.92 Å². The van der Waals surface area contributed by atoms with Gasteiger partial charge in [0.2, 0.25) is 5.91 Å². The first-order valence-electron chi connectivity index (χ1n) is 11.7. The van der Waals surface area contributed by atoms with E-state index in [0.717, 1.165) is 54.5 Å². The molecule has 2 aromatic carbocycles. The van der Waals surface area contributed by atoms with Crippen LogP contribution in [-0.2, 0) is 11.2 Å². The number of benzene rings is 2. The largest absolute Gasteiger partial charge is 0.355 e. The lowest BCUT2D eigenvalue weighted by Crippen LogP contribution is -2.43. The first-order chi connectivity index (χ1) is 16.1. The molecule has 0 saturated carbocycles. The first kappa shape index (κ1) is 23.3. The second-order valence-electron chi connectivity index (χ2n) is 8.84. The minimum Gasteiger partial charge on any atom is -0.355 e. The number of aryl methyl sites for hydroxylation is 2. The van der Waals surface area contributed by atoms with E-state index in [-0.39, 0.29) is 17.9 Å². The molecular weight excluding hydrogens is 428 g/mol. The van der Waals surface area contributed by atoms with Crippen LogP contribution >= 0.6 is 11.8 Å². The molecule has 1 aliphatic rings. The number of anilines is 1. The van der Waals surface area contributed by atoms with Gasteiger partial charge in [-0.2, -0.15) is 0 Å². The summed E-state index contributed by atoms with van der Waals surface area (Å²) in [6.07, 6.45) is 3.63. The molecule has 1 aliphatic heterocycles. The topological polar surface area (TPSA) is 58.1 Å². The molecule has 1 N–H and O–H groups in total. The van der Waals surface area contributed by atoms with E-state index in [9.17, 15) is 4.79 Å². The van der Waals surface area contributed by atoms with Gasteiger partial charge in [-0.25, -0.2) is 0 Å². The van der Waals surface area contributed by atoms with E-state index in [2.05, 4.69) is 82.8 Å². The second kappa shape index (κ2) is 11.3. The average molecular weight is 461 g/mol. The van der Waals surface area contributed by atoms with E-state index >= 15 is 0 Å². The van der Waals surface area contributed by atoms with Gasteiger partial charge in [-0.05, 0) is 69.4 Å². The Bertz CT molecular complexity index is 1020. The minimum absolute atomic E-state index is 0.0738. The van der Waals surface area contributed by atoms with Gasteiger partial charge >= 0.3 is 0 Å². The molecule has 0 unspecified atom stereocenters. The van der Waals surface area contributed by atoms with Gasteiger partial charge in [-0.15, -0.1) is 10.2 Å². The summed E-state index contributed by atoms with van der Waals surface area (Å²) in [5.74, 6) is 1.15. The van der Waals surface area contributed by atoms with E-state index < -0.39 is 0 Å². The maximum Gasteiger partial charge on any atom is 0.223 e. The number of hydrogen-bond donors (Lipinski definition) is 1. The van der Waals surface area contributed by atoms with Crippen molar-refractivity contribution < 1.29 is 4.79 Å². The van der Waals surface area contributed by atoms with Crippen LogP contribution in [0.1, 0.15) is 37.3 Å². The molecule has 1 atom stereocenters. The Morgan fingerprint density at radius 1 is 1.03 bits per heavy atom. The molecule has 3 aromatic rings. The summed E-state index contributed by atoms with van der Waals surface area (Å²) in [6.45, 7) is 5.84. The van der Waals surface area contributed by atoms with Crippen LogP contribution in [0.15, 0.2) is 76.7 Å². The van der Waals surface area contributed by atoms with Gasteiger partial charge in [0.05, 0.1) is 0 Å². The molecule has 0 bridgehead atoms. The van der Waals surface area contributed by atoms with Crippen molar-refractivity contribution in [3.63, 3.8) is 0 Å². The molecule has 0 aliphatic carbocycles. The highest BCUT2D eigenvalue weighted by atomic mass is 32.2. The lowest BCUT2D eigenvalue weighted by molar-refractivity contribution is -0.126. The van der Waals surface area contributed by atoms with Crippen LogP contribution < -0.4 is 10.2 Å². The van der Waals surface area contributed by atoms with E-state index in [1.807, 2.05) is 18.2 Å². The van der Waals surface area contributed by atoms with Crippen LogP contribution in [-0.4, -0.2) is 35.2 Å². The molecule has 33 heavy (non-hydrogen) atoms. The summed E-state index contributed by atoms with van der Waals surface area (Å²) in [6, 6.07) is 23.1. The normalized spacial score (nSPS) is 15.3. The third kappa shape index (κ3) is 6.81. The Kier molecular flexibility index (Phi) is 8.00. The number of rotatable bonds is 8. The molecule has 0 spiro atoms. The van der Waals surface area contributed by atoms with Crippen molar-refractivity contribution in [1.29, 1.82) is 0 Å². The maximum absolute atomic E-state index is 12.7. The van der Waals surface area contributed by atoms with Gasteiger partial charge in [0.15, 0.2) is 5.82 Å². The Hall–Kier alpha value is -2.86. The van der Waals surface area contributed by atoms with Gasteiger partial charge in [0.25, 0.3) is 0 Å². The van der Waals surface area contributed by atoms with Crippen molar-refractivity contribution in [3.8, 4) is 0 Å². The van der Waals surface area contributed by atoms with Crippen LogP contribution in [0.2, 0.25) is 0 Å². The second-order valence-corrected chi connectivity index (χ2v) is 9.93. The Morgan fingerprint density at radius 3 is 2.42 bits per heavy atom. The molecule has 1 fully saturated rings. The van der Waals surface area contributed by atoms with Crippen molar-refractivity contribution >= 4 is 23.5 Å². The number of aromatic nitrogens is 2. The van der Waals surface area contributed by atoms with Crippen LogP contribution in [0.4, 0.5) is 5.82 Å². The van der Waals surface area contributed by atoms with Gasteiger partial charge in [-0.1, -0.05) is 59.8 Å². The molecule has 2 heterocycles. The third-order valence-electron chi connectivity index (χ3n) is 6.16. The van der Waals surface area contributed by atoms with E-state index in [1.165, 1.54) is 11.1 Å². The van der Waals surface area contributed by atoms with E-state index in [4.69, 9.17) is 0 Å². The zero-order chi connectivity index (χ0) is 23.0. The van der Waals surface area contributed by atoms with Crippen molar-refractivity contribution in [2.75, 3.05) is 18.0 Å². The highest BCUT2D eigenvalue weighted by Gasteiger charge is 2.26. The molecule has 5 nitrogen and oxygen atoms in total. The lowest BCUT2D eigenvalue weighted by atomic mass is 9.95. The number of amides is 1. The quantitative estimate of drug-likeness (QED) is 0.495. The molecule has 4 rings (SSSR count). The minimum atomic E-state index is 0.0738. The van der Waals surface area contributed by atoms with E-state index in [1.54, 1.807) is 11.8 Å². The Balaban J connectivity index is 1.21. The summed E-state index contributed by atoms with van der Waals surface area (Å²) >= 11 is 1.62. The highest BCUT2D eigenvalue weighted by Crippen LogP contribution is 2.27. The fraction of sp³-hybridized carbons (Fsp3) is 0.370. The molecule has 1 amide bonds. The van der Waals surface area contributed by atoms with E-state index in [0.29, 0.717) is 0 Å². The number of nitrogens with zero attached hydrogens (tertiary/aromatic N) is 3. The van der Waals surface area contributed by atoms with Crippen LogP contribution in [0, 0.1) is 12.8 Å². The predicted octanol–water partition coefficient (Wildman–Crippen LogP) is 5.29. The molecule has 172 valence electrons.